The standard InChI is InChI=1S/C31H50N2/c1-4-5-6-7-9-14-17-22-29-23-18-19-24-30(29)31-32-25-28(26-33-31)21-16-13-11-8-10-12-15-20-27(2)3/h18-19,23-27H,4-17,20-22H2,1-3H3. The quantitative estimate of drug-likeness (QED) is 0.199. The monoisotopic (exact) mass is 450 g/mol. The molecule has 0 fully saturated rings. The second-order valence-electron chi connectivity index (χ2n) is 10.4. The Morgan fingerprint density at radius 2 is 1.18 bits per heavy atom. The lowest BCUT2D eigenvalue weighted by atomic mass is 9.99. The van der Waals surface area contributed by atoms with Crippen LogP contribution in [0.2, 0.25) is 0 Å². The van der Waals surface area contributed by atoms with Gasteiger partial charge in [-0.1, -0.05) is 129 Å². The first-order chi connectivity index (χ1) is 16.2. The molecule has 2 rings (SSSR count). The minimum Gasteiger partial charge on any atom is -0.236 e. The Labute approximate surface area is 205 Å². The summed E-state index contributed by atoms with van der Waals surface area (Å²) < 4.78 is 0. The summed E-state index contributed by atoms with van der Waals surface area (Å²) in [4.78, 5) is 9.48. The third-order valence-corrected chi connectivity index (χ3v) is 6.76. The fourth-order valence-corrected chi connectivity index (χ4v) is 4.62. The molecule has 1 heterocycles. The summed E-state index contributed by atoms with van der Waals surface area (Å²) in [5.74, 6) is 1.75. The van der Waals surface area contributed by atoms with Crippen molar-refractivity contribution in [3.63, 3.8) is 0 Å². The molecule has 0 aliphatic rings. The molecular formula is C31H50N2. The van der Waals surface area contributed by atoms with Gasteiger partial charge >= 0.3 is 0 Å². The number of aromatic nitrogens is 2. The molecule has 0 amide bonds. The average molecular weight is 451 g/mol. The Hall–Kier alpha value is -1.70. The van der Waals surface area contributed by atoms with E-state index >= 15 is 0 Å². The summed E-state index contributed by atoms with van der Waals surface area (Å²) in [6.45, 7) is 6.93. The molecule has 0 N–H and O–H groups in total. The lowest BCUT2D eigenvalue weighted by Crippen LogP contribution is -1.97. The minimum atomic E-state index is 0.859. The molecule has 2 nitrogen and oxygen atoms in total. The van der Waals surface area contributed by atoms with Crippen LogP contribution in [0.25, 0.3) is 11.4 Å². The van der Waals surface area contributed by atoms with Crippen molar-refractivity contribution in [2.24, 2.45) is 5.92 Å². The maximum Gasteiger partial charge on any atom is 0.159 e. The second kappa shape index (κ2) is 17.7. The molecule has 2 heteroatoms. The third-order valence-electron chi connectivity index (χ3n) is 6.76. The van der Waals surface area contributed by atoms with Crippen molar-refractivity contribution in [3.05, 3.63) is 47.8 Å². The summed E-state index contributed by atoms with van der Waals surface area (Å²) in [5, 5.41) is 0. The van der Waals surface area contributed by atoms with Gasteiger partial charge in [0.15, 0.2) is 5.82 Å². The van der Waals surface area contributed by atoms with Gasteiger partial charge in [-0.15, -0.1) is 0 Å². The normalized spacial score (nSPS) is 11.4. The van der Waals surface area contributed by atoms with Crippen LogP contribution in [0.3, 0.4) is 0 Å². The maximum atomic E-state index is 4.74. The highest BCUT2D eigenvalue weighted by molar-refractivity contribution is 5.59. The van der Waals surface area contributed by atoms with E-state index in [0.29, 0.717) is 0 Å². The van der Waals surface area contributed by atoms with Crippen molar-refractivity contribution in [1.29, 1.82) is 0 Å². The van der Waals surface area contributed by atoms with Crippen molar-refractivity contribution >= 4 is 0 Å². The third kappa shape index (κ3) is 12.4. The average Bonchev–Trinajstić information content (AvgIpc) is 2.83. The largest absolute Gasteiger partial charge is 0.236 e. The molecule has 0 saturated heterocycles. The van der Waals surface area contributed by atoms with Gasteiger partial charge in [0, 0.05) is 18.0 Å². The first-order valence-electron chi connectivity index (χ1n) is 14.1. The maximum absolute atomic E-state index is 4.74. The molecule has 33 heavy (non-hydrogen) atoms. The smallest absolute Gasteiger partial charge is 0.159 e. The van der Waals surface area contributed by atoms with Crippen LogP contribution in [0.5, 0.6) is 0 Å². The molecule has 184 valence electrons. The van der Waals surface area contributed by atoms with E-state index in [1.54, 1.807) is 0 Å². The first kappa shape index (κ1) is 27.5. The molecule has 0 aliphatic heterocycles. The van der Waals surface area contributed by atoms with Gasteiger partial charge in [0.25, 0.3) is 0 Å². The molecule has 0 radical (unpaired) electrons. The van der Waals surface area contributed by atoms with Gasteiger partial charge < -0.3 is 0 Å². The topological polar surface area (TPSA) is 25.8 Å². The first-order valence-corrected chi connectivity index (χ1v) is 14.1. The molecule has 1 aromatic carbocycles. The zero-order valence-electron chi connectivity index (χ0n) is 22.0. The molecule has 0 saturated carbocycles. The summed E-state index contributed by atoms with van der Waals surface area (Å²) in [6, 6.07) is 8.71. The SMILES string of the molecule is CCCCCCCCCc1ccccc1-c1ncc(CCCCCCCCCC(C)C)cn1. The number of hydrogen-bond acceptors (Lipinski definition) is 2. The number of aryl methyl sites for hydroxylation is 2. The Balaban J connectivity index is 1.67. The highest BCUT2D eigenvalue weighted by Gasteiger charge is 2.07. The Bertz CT molecular complexity index is 720. The van der Waals surface area contributed by atoms with Gasteiger partial charge in [-0.25, -0.2) is 9.97 Å². The van der Waals surface area contributed by atoms with E-state index in [1.165, 1.54) is 113 Å². The molecule has 1 aromatic heterocycles. The minimum absolute atomic E-state index is 0.859. The van der Waals surface area contributed by atoms with Crippen LogP contribution in [0.4, 0.5) is 0 Å². The van der Waals surface area contributed by atoms with E-state index in [9.17, 15) is 0 Å². The summed E-state index contributed by atoms with van der Waals surface area (Å²) in [6.07, 6.45) is 26.7. The van der Waals surface area contributed by atoms with Crippen LogP contribution in [-0.2, 0) is 12.8 Å². The van der Waals surface area contributed by atoms with Crippen molar-refractivity contribution in [1.82, 2.24) is 9.97 Å². The van der Waals surface area contributed by atoms with Crippen molar-refractivity contribution < 1.29 is 0 Å². The second-order valence-corrected chi connectivity index (χ2v) is 10.4. The predicted molar refractivity (Wildman–Crippen MR) is 145 cm³/mol. The van der Waals surface area contributed by atoms with Gasteiger partial charge in [-0.2, -0.15) is 0 Å². The van der Waals surface area contributed by atoms with E-state index in [4.69, 9.17) is 9.97 Å². The number of nitrogens with zero attached hydrogens (tertiary/aromatic N) is 2. The Morgan fingerprint density at radius 1 is 0.636 bits per heavy atom. The molecule has 0 atom stereocenters. The van der Waals surface area contributed by atoms with Gasteiger partial charge in [-0.3, -0.25) is 0 Å². The molecule has 0 unspecified atom stereocenters. The van der Waals surface area contributed by atoms with E-state index in [1.807, 2.05) is 0 Å². The molecule has 0 spiro atoms. The predicted octanol–water partition coefficient (Wildman–Crippen LogP) is 9.76. The molecular weight excluding hydrogens is 400 g/mol. The summed E-state index contributed by atoms with van der Waals surface area (Å²) >= 11 is 0. The van der Waals surface area contributed by atoms with Crippen LogP contribution in [0.1, 0.15) is 128 Å². The van der Waals surface area contributed by atoms with Crippen molar-refractivity contribution in [2.45, 2.75) is 130 Å². The van der Waals surface area contributed by atoms with Gasteiger partial charge in [0.1, 0.15) is 0 Å². The highest BCUT2D eigenvalue weighted by atomic mass is 14.9. The fraction of sp³-hybridized carbons (Fsp3) is 0.677. The Kier molecular flexibility index (Phi) is 14.8. The lowest BCUT2D eigenvalue weighted by Gasteiger charge is -2.09. The summed E-state index contributed by atoms with van der Waals surface area (Å²) in [5.41, 5.74) is 3.89. The number of benzene rings is 1. The number of unbranched alkanes of at least 4 members (excludes halogenated alkanes) is 12. The van der Waals surface area contributed by atoms with Crippen LogP contribution in [-0.4, -0.2) is 9.97 Å². The van der Waals surface area contributed by atoms with Gasteiger partial charge in [0.05, 0.1) is 0 Å². The van der Waals surface area contributed by atoms with Crippen LogP contribution in [0, 0.1) is 5.92 Å². The highest BCUT2D eigenvalue weighted by Crippen LogP contribution is 2.22. The molecule has 0 bridgehead atoms. The van der Waals surface area contributed by atoms with E-state index in [2.05, 4.69) is 57.4 Å². The van der Waals surface area contributed by atoms with Gasteiger partial charge in [-0.05, 0) is 42.7 Å². The molecule has 0 aliphatic carbocycles. The van der Waals surface area contributed by atoms with Gasteiger partial charge in [0.2, 0.25) is 0 Å². The van der Waals surface area contributed by atoms with Crippen LogP contribution < -0.4 is 0 Å². The number of rotatable bonds is 19. The van der Waals surface area contributed by atoms with Crippen molar-refractivity contribution in [2.75, 3.05) is 0 Å². The van der Waals surface area contributed by atoms with Crippen LogP contribution >= 0.6 is 0 Å². The van der Waals surface area contributed by atoms with E-state index < -0.39 is 0 Å². The Morgan fingerprint density at radius 3 is 1.82 bits per heavy atom. The number of hydrogen-bond donors (Lipinski definition) is 0. The fourth-order valence-electron chi connectivity index (χ4n) is 4.62. The zero-order valence-corrected chi connectivity index (χ0v) is 22.0. The molecule has 2 aromatic rings. The van der Waals surface area contributed by atoms with E-state index in [0.717, 1.165) is 24.6 Å². The van der Waals surface area contributed by atoms with Crippen molar-refractivity contribution in [3.8, 4) is 11.4 Å². The lowest BCUT2D eigenvalue weighted by molar-refractivity contribution is 0.509. The van der Waals surface area contributed by atoms with Crippen LogP contribution in [0.15, 0.2) is 36.7 Å². The zero-order chi connectivity index (χ0) is 23.6. The van der Waals surface area contributed by atoms with E-state index in [-0.39, 0.29) is 0 Å². The summed E-state index contributed by atoms with van der Waals surface area (Å²) in [7, 11) is 0.